The van der Waals surface area contributed by atoms with Gasteiger partial charge in [0.05, 0.1) is 64.2 Å². The summed E-state index contributed by atoms with van der Waals surface area (Å²) in [4.78, 5) is 74.8. The molecule has 0 bridgehead atoms. The molecule has 0 unspecified atom stereocenters. The smallest absolute Gasteiger partial charge is 0.273 e. The van der Waals surface area contributed by atoms with Crippen molar-refractivity contribution < 1.29 is 29.0 Å². The fourth-order valence-corrected chi connectivity index (χ4v) is 10.7. The summed E-state index contributed by atoms with van der Waals surface area (Å²) in [5.74, 6) is 0.642. The number of para-hydroxylation sites is 1. The van der Waals surface area contributed by atoms with Crippen LogP contribution in [0.1, 0.15) is 100 Å². The van der Waals surface area contributed by atoms with Gasteiger partial charge in [-0.05, 0) is 74.0 Å². The Morgan fingerprint density at radius 2 is 1.63 bits per heavy atom. The van der Waals surface area contributed by atoms with Gasteiger partial charge in [-0.2, -0.15) is 5.10 Å². The lowest BCUT2D eigenvalue weighted by Crippen LogP contribution is -2.57. The average Bonchev–Trinajstić information content (AvgIpc) is 4.22. The molecule has 21 nitrogen and oxygen atoms in total. The van der Waals surface area contributed by atoms with Crippen molar-refractivity contribution in [1.29, 1.82) is 0 Å². The standard InChI is InChI=1S/C56H73N15O6S/c1-35(37-18-20-38(21-19-37)50-36(2)60-34-78-50)61-53(74)44-29-40(72)32-71(44)55(76)51(56(3,4)5)64-47(73)17-12-10-9-11-13-24-69-25-27-70(28-26-69)39-22-23-45(58-31-39)63-46-30-43(48(66-65-46)54(75)57-6)62-42-16-14-15-41(49(42)77-8)52-59-33-68(7)67-52/h14-16,18-23,30-31,33-35,40,44,51,72H,9-13,17,24-29,32H2,1-8H3,(H,57,75)(H,61,74)(H,64,73)(H2,58,62,63,65)/t35-,40+,44-,51+/m0/s1. The van der Waals surface area contributed by atoms with E-state index in [1.54, 1.807) is 42.6 Å². The number of likely N-dealkylation sites (tertiary alicyclic amines) is 1. The van der Waals surface area contributed by atoms with Crippen molar-refractivity contribution >= 4 is 63.7 Å². The van der Waals surface area contributed by atoms with Crippen LogP contribution in [0, 0.1) is 12.3 Å². The van der Waals surface area contributed by atoms with Crippen molar-refractivity contribution in [3.8, 4) is 27.6 Å². The lowest BCUT2D eigenvalue weighted by Gasteiger charge is -2.36. The summed E-state index contributed by atoms with van der Waals surface area (Å²) < 4.78 is 7.39. The summed E-state index contributed by atoms with van der Waals surface area (Å²) in [5.41, 5.74) is 6.93. The quantitative estimate of drug-likeness (QED) is 0.0383. The van der Waals surface area contributed by atoms with Gasteiger partial charge in [0.1, 0.15) is 24.2 Å². The van der Waals surface area contributed by atoms with Crippen molar-refractivity contribution in [3.63, 3.8) is 0 Å². The molecule has 2 aromatic carbocycles. The second-order valence-corrected chi connectivity index (χ2v) is 21.9. The molecule has 2 saturated heterocycles. The average molecular weight is 1080 g/mol. The van der Waals surface area contributed by atoms with E-state index < -0.39 is 29.5 Å². The number of carbonyl (C=O) groups excluding carboxylic acids is 4. The van der Waals surface area contributed by atoms with E-state index in [1.807, 2.05) is 101 Å². The Morgan fingerprint density at radius 3 is 2.29 bits per heavy atom. The molecule has 0 saturated carbocycles. The van der Waals surface area contributed by atoms with Crippen LogP contribution in [0.2, 0.25) is 0 Å². The van der Waals surface area contributed by atoms with Gasteiger partial charge in [0, 0.05) is 65.7 Å². The van der Waals surface area contributed by atoms with Gasteiger partial charge in [0.25, 0.3) is 5.91 Å². The van der Waals surface area contributed by atoms with Crippen LogP contribution in [-0.2, 0) is 21.4 Å². The molecule has 6 heterocycles. The van der Waals surface area contributed by atoms with E-state index in [2.05, 4.69) is 66.6 Å². The number of carbonyl (C=O) groups is 4. The van der Waals surface area contributed by atoms with Crippen LogP contribution in [0.15, 0.2) is 78.7 Å². The number of pyridine rings is 1. The fourth-order valence-electron chi connectivity index (χ4n) is 9.88. The van der Waals surface area contributed by atoms with Crippen LogP contribution in [0.25, 0.3) is 21.8 Å². The number of anilines is 5. The van der Waals surface area contributed by atoms with Crippen LogP contribution in [-0.4, -0.2) is 145 Å². The number of unbranched alkanes of at least 4 members (excludes halogenated alkanes) is 4. The van der Waals surface area contributed by atoms with Crippen molar-refractivity contribution in [1.82, 2.24) is 60.7 Å². The van der Waals surface area contributed by atoms with Crippen molar-refractivity contribution in [2.24, 2.45) is 12.5 Å². The number of aliphatic hydroxyl groups is 1. The molecule has 6 N–H and O–H groups in total. The van der Waals surface area contributed by atoms with E-state index in [4.69, 9.17) is 4.74 Å². The maximum Gasteiger partial charge on any atom is 0.273 e. The molecule has 0 spiro atoms. The maximum absolute atomic E-state index is 14.2. The fraction of sp³-hybridized carbons (Fsp3) is 0.464. The van der Waals surface area contributed by atoms with Crippen molar-refractivity contribution in [3.05, 3.63) is 95.6 Å². The summed E-state index contributed by atoms with van der Waals surface area (Å²) in [6.07, 6.45) is 7.78. The molecule has 414 valence electrons. The minimum atomic E-state index is -0.864. The number of ether oxygens (including phenoxy) is 1. The molecule has 2 fully saturated rings. The molecule has 78 heavy (non-hydrogen) atoms. The topological polar surface area (TPSA) is 250 Å². The molecule has 4 amide bonds. The van der Waals surface area contributed by atoms with Gasteiger partial charge in [-0.1, -0.05) is 70.4 Å². The molecule has 4 aromatic heterocycles. The van der Waals surface area contributed by atoms with Gasteiger partial charge in [0.2, 0.25) is 17.7 Å². The number of β-amino-alcohol motifs (C(OH)–C–C–N with tert-alkyl or cyclic N) is 1. The second kappa shape index (κ2) is 25.7. The number of hydrogen-bond donors (Lipinski definition) is 6. The van der Waals surface area contributed by atoms with E-state index in [0.717, 1.165) is 85.8 Å². The van der Waals surface area contributed by atoms with Crippen LogP contribution in [0.5, 0.6) is 5.75 Å². The van der Waals surface area contributed by atoms with E-state index in [0.29, 0.717) is 53.0 Å². The summed E-state index contributed by atoms with van der Waals surface area (Å²) in [6, 6.07) is 17.1. The molecule has 2 aliphatic rings. The molecule has 8 rings (SSSR count). The molecule has 0 aliphatic carbocycles. The minimum absolute atomic E-state index is 0.0237. The summed E-state index contributed by atoms with van der Waals surface area (Å²) in [5, 5.41) is 38.9. The predicted octanol–water partition coefficient (Wildman–Crippen LogP) is 6.79. The first-order valence-corrected chi connectivity index (χ1v) is 27.6. The number of amides is 4. The number of thiazole rings is 1. The molecule has 6 aromatic rings. The van der Waals surface area contributed by atoms with E-state index >= 15 is 0 Å². The third kappa shape index (κ3) is 14.1. The van der Waals surface area contributed by atoms with E-state index in [9.17, 15) is 24.3 Å². The third-order valence-electron chi connectivity index (χ3n) is 14.2. The van der Waals surface area contributed by atoms with Crippen molar-refractivity contribution in [2.45, 2.75) is 104 Å². The number of nitrogens with one attached hydrogen (secondary N) is 5. The largest absolute Gasteiger partial charge is 0.494 e. The second-order valence-electron chi connectivity index (χ2n) is 21.1. The highest BCUT2D eigenvalue weighted by Crippen LogP contribution is 2.38. The number of aromatic nitrogens is 7. The first-order valence-electron chi connectivity index (χ1n) is 26.7. The zero-order valence-corrected chi connectivity index (χ0v) is 46.7. The monoisotopic (exact) mass is 1080 g/mol. The molecule has 2 aliphatic heterocycles. The Balaban J connectivity index is 0.741. The van der Waals surface area contributed by atoms with Gasteiger partial charge in [-0.3, -0.25) is 28.8 Å². The Morgan fingerprint density at radius 1 is 0.872 bits per heavy atom. The van der Waals surface area contributed by atoms with Gasteiger partial charge in [-0.25, -0.2) is 15.0 Å². The van der Waals surface area contributed by atoms with Crippen molar-refractivity contribution in [2.75, 3.05) is 69.0 Å². The molecule has 22 heteroatoms. The normalized spacial score (nSPS) is 16.6. The number of methoxy groups -OCH3 is 1. The predicted molar refractivity (Wildman–Crippen MR) is 302 cm³/mol. The summed E-state index contributed by atoms with van der Waals surface area (Å²) in [7, 11) is 4.89. The number of aryl methyl sites for hydroxylation is 2. The lowest BCUT2D eigenvalue weighted by molar-refractivity contribution is -0.144. The molecule has 4 atom stereocenters. The first kappa shape index (κ1) is 56.6. The van der Waals surface area contributed by atoms with Crippen LogP contribution in [0.3, 0.4) is 0 Å². The van der Waals surface area contributed by atoms with Gasteiger partial charge in [-0.15, -0.1) is 21.5 Å². The molecule has 0 radical (unpaired) electrons. The number of piperazine rings is 1. The minimum Gasteiger partial charge on any atom is -0.494 e. The van der Waals surface area contributed by atoms with Crippen LogP contribution in [0.4, 0.5) is 28.7 Å². The van der Waals surface area contributed by atoms with E-state index in [-0.39, 0.29) is 42.4 Å². The SMILES string of the molecule is CNC(=O)c1nnc(Nc2ccc(N3CCN(CCCCCCCC(=O)N[C@H](C(=O)N4C[C@H](O)C[C@H]4C(=O)N[C@@H](C)c4ccc(-c5scnc5C)cc4)C(C)(C)C)CC3)cn2)cc1Nc1cccc(-c2ncn(C)n2)c1OC. The van der Waals surface area contributed by atoms with Gasteiger partial charge in [0.15, 0.2) is 23.1 Å². The summed E-state index contributed by atoms with van der Waals surface area (Å²) >= 11 is 1.58. The highest BCUT2D eigenvalue weighted by atomic mass is 32.1. The highest BCUT2D eigenvalue weighted by Gasteiger charge is 2.44. The number of aliphatic hydroxyl groups excluding tert-OH is 1. The first-order chi connectivity index (χ1) is 37.5. The van der Waals surface area contributed by atoms with Gasteiger partial charge < -0.3 is 46.2 Å². The highest BCUT2D eigenvalue weighted by molar-refractivity contribution is 7.13. The van der Waals surface area contributed by atoms with Crippen LogP contribution < -0.4 is 36.2 Å². The van der Waals surface area contributed by atoms with Gasteiger partial charge >= 0.3 is 0 Å². The number of rotatable bonds is 22. The molecular formula is C56H73N15O6S. The molecular weight excluding hydrogens is 1010 g/mol. The Kier molecular flexibility index (Phi) is 18.7. The number of hydrogen-bond acceptors (Lipinski definition) is 17. The van der Waals surface area contributed by atoms with Crippen LogP contribution >= 0.6 is 11.3 Å². The Bertz CT molecular complexity index is 3010. The number of nitrogens with zero attached hydrogens (tertiary/aromatic N) is 10. The summed E-state index contributed by atoms with van der Waals surface area (Å²) in [6.45, 7) is 14.2. The lowest BCUT2D eigenvalue weighted by atomic mass is 9.85. The maximum atomic E-state index is 14.2. The number of benzene rings is 2. The Hall–Kier alpha value is -7.56. The third-order valence-corrected chi connectivity index (χ3v) is 15.2. The zero-order chi connectivity index (χ0) is 55.5. The zero-order valence-electron chi connectivity index (χ0n) is 45.9. The Labute approximate surface area is 460 Å². The van der Waals surface area contributed by atoms with E-state index in [1.165, 1.54) is 11.9 Å².